The Labute approximate surface area is 116 Å². The van der Waals surface area contributed by atoms with Crippen molar-refractivity contribution in [1.29, 1.82) is 0 Å². The molecule has 3 unspecified atom stereocenters. The standard InChI is InChI=1S/C15H29N3O/c1-11(12-4-3-7-17-9-12)8-14(19)18-15(2,10-16)13-5-6-13/h11-13,17H,3-10,16H2,1-2H3,(H,18,19). The first-order valence-corrected chi connectivity index (χ1v) is 7.77. The molecule has 1 saturated heterocycles. The summed E-state index contributed by atoms with van der Waals surface area (Å²) in [6.07, 6.45) is 5.53. The van der Waals surface area contributed by atoms with Crippen molar-refractivity contribution in [1.82, 2.24) is 10.6 Å². The van der Waals surface area contributed by atoms with E-state index in [4.69, 9.17) is 5.73 Å². The third kappa shape index (κ3) is 3.93. The third-order valence-corrected chi connectivity index (χ3v) is 4.97. The summed E-state index contributed by atoms with van der Waals surface area (Å²) in [7, 11) is 0. The molecule has 2 fully saturated rings. The van der Waals surface area contributed by atoms with Crippen LogP contribution in [0.4, 0.5) is 0 Å². The van der Waals surface area contributed by atoms with Crippen molar-refractivity contribution in [2.75, 3.05) is 19.6 Å². The first-order valence-electron chi connectivity index (χ1n) is 7.77. The van der Waals surface area contributed by atoms with Gasteiger partial charge in [-0.2, -0.15) is 0 Å². The van der Waals surface area contributed by atoms with Crippen LogP contribution in [0.15, 0.2) is 0 Å². The van der Waals surface area contributed by atoms with Crippen molar-refractivity contribution >= 4 is 5.91 Å². The summed E-state index contributed by atoms with van der Waals surface area (Å²) in [6.45, 7) is 7.03. The van der Waals surface area contributed by atoms with Gasteiger partial charge in [-0.1, -0.05) is 6.92 Å². The molecule has 1 aliphatic carbocycles. The molecule has 4 nitrogen and oxygen atoms in total. The summed E-state index contributed by atoms with van der Waals surface area (Å²) in [5, 5.41) is 6.62. The van der Waals surface area contributed by atoms with Crippen LogP contribution in [0.3, 0.4) is 0 Å². The average Bonchev–Trinajstić information content (AvgIpc) is 3.24. The van der Waals surface area contributed by atoms with Gasteiger partial charge in [0.2, 0.25) is 5.91 Å². The van der Waals surface area contributed by atoms with E-state index in [1.54, 1.807) is 0 Å². The maximum Gasteiger partial charge on any atom is 0.220 e. The van der Waals surface area contributed by atoms with Crippen molar-refractivity contribution in [2.24, 2.45) is 23.5 Å². The minimum absolute atomic E-state index is 0.179. The monoisotopic (exact) mass is 267 g/mol. The Balaban J connectivity index is 1.79. The highest BCUT2D eigenvalue weighted by molar-refractivity contribution is 5.77. The predicted molar refractivity (Wildman–Crippen MR) is 77.7 cm³/mol. The Morgan fingerprint density at radius 3 is 2.74 bits per heavy atom. The van der Waals surface area contributed by atoms with Gasteiger partial charge in [0, 0.05) is 13.0 Å². The molecule has 0 spiro atoms. The highest BCUT2D eigenvalue weighted by Gasteiger charge is 2.41. The van der Waals surface area contributed by atoms with Crippen molar-refractivity contribution in [2.45, 2.75) is 51.5 Å². The molecule has 0 radical (unpaired) electrons. The van der Waals surface area contributed by atoms with E-state index in [0.717, 1.165) is 13.1 Å². The molecule has 0 bridgehead atoms. The van der Waals surface area contributed by atoms with E-state index < -0.39 is 0 Å². The average molecular weight is 267 g/mol. The van der Waals surface area contributed by atoms with Gasteiger partial charge < -0.3 is 16.4 Å². The lowest BCUT2D eigenvalue weighted by Gasteiger charge is -2.32. The van der Waals surface area contributed by atoms with Gasteiger partial charge in [-0.05, 0) is 63.5 Å². The Kier molecular flexibility index (Phi) is 4.85. The fraction of sp³-hybridized carbons (Fsp3) is 0.933. The van der Waals surface area contributed by atoms with Crippen LogP contribution in [0.1, 0.15) is 46.0 Å². The molecular formula is C15H29N3O. The predicted octanol–water partition coefficient (Wildman–Crippen LogP) is 1.26. The number of carbonyl (C=O) groups is 1. The van der Waals surface area contributed by atoms with Crippen LogP contribution in [-0.4, -0.2) is 31.1 Å². The Morgan fingerprint density at radius 2 is 2.21 bits per heavy atom. The zero-order valence-corrected chi connectivity index (χ0v) is 12.4. The van der Waals surface area contributed by atoms with Crippen molar-refractivity contribution in [3.63, 3.8) is 0 Å². The van der Waals surface area contributed by atoms with Crippen LogP contribution >= 0.6 is 0 Å². The maximum atomic E-state index is 12.2. The van der Waals surface area contributed by atoms with E-state index in [1.165, 1.54) is 25.7 Å². The molecule has 0 aromatic carbocycles. The summed E-state index contributed by atoms with van der Waals surface area (Å²) in [5.74, 6) is 1.87. The zero-order valence-electron chi connectivity index (χ0n) is 12.4. The second-order valence-electron chi connectivity index (χ2n) is 6.73. The Hall–Kier alpha value is -0.610. The lowest BCUT2D eigenvalue weighted by Crippen LogP contribution is -2.53. The number of piperidine rings is 1. The fourth-order valence-electron chi connectivity index (χ4n) is 3.23. The van der Waals surface area contributed by atoms with Crippen LogP contribution in [0.2, 0.25) is 0 Å². The molecule has 4 N–H and O–H groups in total. The molecule has 19 heavy (non-hydrogen) atoms. The highest BCUT2D eigenvalue weighted by atomic mass is 16.1. The second kappa shape index (κ2) is 6.23. The molecule has 0 aromatic rings. The van der Waals surface area contributed by atoms with Crippen LogP contribution in [0.5, 0.6) is 0 Å². The molecule has 2 rings (SSSR count). The van der Waals surface area contributed by atoms with Gasteiger partial charge in [-0.25, -0.2) is 0 Å². The number of hydrogen-bond acceptors (Lipinski definition) is 3. The van der Waals surface area contributed by atoms with Gasteiger partial charge in [0.05, 0.1) is 5.54 Å². The van der Waals surface area contributed by atoms with Crippen LogP contribution < -0.4 is 16.4 Å². The fourth-order valence-corrected chi connectivity index (χ4v) is 3.23. The van der Waals surface area contributed by atoms with Crippen LogP contribution in [-0.2, 0) is 4.79 Å². The first kappa shape index (κ1) is 14.8. The van der Waals surface area contributed by atoms with E-state index >= 15 is 0 Å². The molecule has 4 heteroatoms. The maximum absolute atomic E-state index is 12.2. The van der Waals surface area contributed by atoms with Crippen LogP contribution in [0, 0.1) is 17.8 Å². The summed E-state index contributed by atoms with van der Waals surface area (Å²) in [4.78, 5) is 12.2. The lowest BCUT2D eigenvalue weighted by atomic mass is 9.85. The molecule has 1 heterocycles. The van der Waals surface area contributed by atoms with Gasteiger partial charge in [-0.15, -0.1) is 0 Å². The zero-order chi connectivity index (χ0) is 13.9. The number of rotatable bonds is 6. The van der Waals surface area contributed by atoms with Gasteiger partial charge in [-0.3, -0.25) is 4.79 Å². The van der Waals surface area contributed by atoms with E-state index in [1.807, 2.05) is 0 Å². The van der Waals surface area contributed by atoms with E-state index in [2.05, 4.69) is 24.5 Å². The first-order chi connectivity index (χ1) is 9.05. The number of carbonyl (C=O) groups excluding carboxylic acids is 1. The minimum atomic E-state index is -0.179. The summed E-state index contributed by atoms with van der Waals surface area (Å²) in [6, 6.07) is 0. The molecule has 1 amide bonds. The molecule has 3 atom stereocenters. The van der Waals surface area contributed by atoms with Gasteiger partial charge in [0.15, 0.2) is 0 Å². The number of nitrogens with one attached hydrogen (secondary N) is 2. The number of hydrogen-bond donors (Lipinski definition) is 3. The normalized spacial score (nSPS) is 28.5. The molecule has 0 aromatic heterocycles. The summed E-state index contributed by atoms with van der Waals surface area (Å²) >= 11 is 0. The summed E-state index contributed by atoms with van der Waals surface area (Å²) < 4.78 is 0. The molecule has 2 aliphatic rings. The van der Waals surface area contributed by atoms with E-state index in [0.29, 0.717) is 30.7 Å². The molecular weight excluding hydrogens is 238 g/mol. The Morgan fingerprint density at radius 1 is 1.47 bits per heavy atom. The Bertz CT molecular complexity index is 311. The van der Waals surface area contributed by atoms with E-state index in [-0.39, 0.29) is 11.4 Å². The highest BCUT2D eigenvalue weighted by Crippen LogP contribution is 2.39. The second-order valence-corrected chi connectivity index (χ2v) is 6.73. The number of amides is 1. The van der Waals surface area contributed by atoms with E-state index in [9.17, 15) is 4.79 Å². The van der Waals surface area contributed by atoms with Gasteiger partial charge in [0.25, 0.3) is 0 Å². The third-order valence-electron chi connectivity index (χ3n) is 4.97. The largest absolute Gasteiger partial charge is 0.349 e. The summed E-state index contributed by atoms with van der Waals surface area (Å²) in [5.41, 5.74) is 5.67. The molecule has 1 aliphatic heterocycles. The quantitative estimate of drug-likeness (QED) is 0.678. The molecule has 110 valence electrons. The topological polar surface area (TPSA) is 67.2 Å². The SMILES string of the molecule is CC(CC(=O)NC(C)(CN)C1CC1)C1CCCNC1. The van der Waals surface area contributed by atoms with Crippen LogP contribution in [0.25, 0.3) is 0 Å². The van der Waals surface area contributed by atoms with Crippen molar-refractivity contribution in [3.8, 4) is 0 Å². The lowest BCUT2D eigenvalue weighted by molar-refractivity contribution is -0.124. The van der Waals surface area contributed by atoms with Crippen molar-refractivity contribution in [3.05, 3.63) is 0 Å². The van der Waals surface area contributed by atoms with Crippen molar-refractivity contribution < 1.29 is 4.79 Å². The van der Waals surface area contributed by atoms with Gasteiger partial charge in [0.1, 0.15) is 0 Å². The molecule has 1 saturated carbocycles. The smallest absolute Gasteiger partial charge is 0.220 e. The number of nitrogens with two attached hydrogens (primary N) is 1. The minimum Gasteiger partial charge on any atom is -0.349 e. The van der Waals surface area contributed by atoms with Gasteiger partial charge >= 0.3 is 0 Å².